The Morgan fingerprint density at radius 2 is 2.03 bits per heavy atom. The number of pyridine rings is 1. The van der Waals surface area contributed by atoms with Gasteiger partial charge in [-0.15, -0.1) is 0 Å². The molecule has 2 N–H and O–H groups in total. The van der Waals surface area contributed by atoms with Crippen molar-refractivity contribution in [2.24, 2.45) is 0 Å². The van der Waals surface area contributed by atoms with Gasteiger partial charge in [-0.2, -0.15) is 5.10 Å². The molecule has 4 rings (SSSR count). The van der Waals surface area contributed by atoms with Crippen molar-refractivity contribution in [3.05, 3.63) is 58.2 Å². The minimum absolute atomic E-state index is 0.108. The highest BCUT2D eigenvalue weighted by Gasteiger charge is 2.22. The van der Waals surface area contributed by atoms with Gasteiger partial charge < -0.3 is 15.4 Å². The number of ether oxygens (including phenoxy) is 1. The van der Waals surface area contributed by atoms with Crippen molar-refractivity contribution in [3.8, 4) is 16.9 Å². The molecule has 3 aromatic rings. The van der Waals surface area contributed by atoms with Crippen molar-refractivity contribution >= 4 is 34.9 Å². The summed E-state index contributed by atoms with van der Waals surface area (Å²) in [4.78, 5) is 16.1. The summed E-state index contributed by atoms with van der Waals surface area (Å²) in [5.41, 5.74) is 1.95. The number of hydrogen-bond acceptors (Lipinski definition) is 5. The third kappa shape index (κ3) is 5.29. The smallest absolute Gasteiger partial charge is 0.222 e. The fourth-order valence-corrected chi connectivity index (χ4v) is 4.55. The molecule has 0 saturated carbocycles. The lowest BCUT2D eigenvalue weighted by molar-refractivity contribution is -0.114. The van der Waals surface area contributed by atoms with E-state index in [0.717, 1.165) is 37.1 Å². The van der Waals surface area contributed by atoms with Crippen LogP contribution in [0.25, 0.3) is 11.1 Å². The highest BCUT2D eigenvalue weighted by Crippen LogP contribution is 2.37. The molecule has 1 saturated heterocycles. The van der Waals surface area contributed by atoms with Gasteiger partial charge >= 0.3 is 0 Å². The van der Waals surface area contributed by atoms with E-state index in [-0.39, 0.29) is 21.8 Å². The lowest BCUT2D eigenvalue weighted by atomic mass is 10.1. The number of carbonyl (C=O) groups excluding carboxylic acids is 1. The quantitative estimate of drug-likeness (QED) is 0.450. The number of nitrogens with one attached hydrogen (secondary N) is 2. The van der Waals surface area contributed by atoms with Crippen LogP contribution in [0.15, 0.2) is 36.8 Å². The molecule has 0 unspecified atom stereocenters. The minimum atomic E-state index is -0.706. The average molecular weight is 492 g/mol. The van der Waals surface area contributed by atoms with Crippen LogP contribution in [0.1, 0.15) is 44.4 Å². The lowest BCUT2D eigenvalue weighted by Gasteiger charge is -2.22. The van der Waals surface area contributed by atoms with Crippen molar-refractivity contribution in [3.63, 3.8) is 0 Å². The Hall–Kier alpha value is -2.68. The highest BCUT2D eigenvalue weighted by atomic mass is 35.5. The van der Waals surface area contributed by atoms with Crippen molar-refractivity contribution in [1.82, 2.24) is 20.1 Å². The molecule has 0 spiro atoms. The molecule has 0 bridgehead atoms. The van der Waals surface area contributed by atoms with E-state index >= 15 is 0 Å². The molecule has 2 aromatic heterocycles. The number of nitrogens with zero attached hydrogens (tertiary/aromatic N) is 3. The van der Waals surface area contributed by atoms with Gasteiger partial charge in [-0.25, -0.2) is 9.37 Å². The Kier molecular flexibility index (Phi) is 7.17. The molecular weight excluding hydrogens is 468 g/mol. The van der Waals surface area contributed by atoms with Crippen LogP contribution in [0.3, 0.4) is 0 Å². The molecule has 1 atom stereocenters. The number of piperidine rings is 1. The molecule has 1 aromatic carbocycles. The van der Waals surface area contributed by atoms with E-state index in [1.54, 1.807) is 25.4 Å². The summed E-state index contributed by atoms with van der Waals surface area (Å²) in [6.07, 6.45) is 6.74. The van der Waals surface area contributed by atoms with E-state index in [4.69, 9.17) is 27.9 Å². The van der Waals surface area contributed by atoms with Crippen LogP contribution in [0.4, 0.5) is 10.2 Å². The van der Waals surface area contributed by atoms with E-state index in [1.165, 1.54) is 19.1 Å². The van der Waals surface area contributed by atoms with Gasteiger partial charge in [-0.05, 0) is 51.1 Å². The van der Waals surface area contributed by atoms with Crippen LogP contribution in [0, 0.1) is 5.82 Å². The van der Waals surface area contributed by atoms with Crippen LogP contribution in [-0.2, 0) is 4.79 Å². The standard InChI is InChI=1S/C23H24Cl2FN5O2/c1-13(21-18(24)3-4-19(26)22(21)25)33-20-9-15(10-28-23(20)30-14(2)32)16-11-29-31(12-16)17-5-7-27-8-6-17/h3-4,9-13,17,27H,5-8H2,1-2H3,(H,28,30,32)/t13-/m0/s1. The van der Waals surface area contributed by atoms with Crippen LogP contribution < -0.4 is 15.4 Å². The lowest BCUT2D eigenvalue weighted by Crippen LogP contribution is -2.29. The normalized spacial score (nSPS) is 15.3. The number of rotatable bonds is 6. The summed E-state index contributed by atoms with van der Waals surface area (Å²) in [6.45, 7) is 5.01. The maximum Gasteiger partial charge on any atom is 0.222 e. The summed E-state index contributed by atoms with van der Waals surface area (Å²) in [5.74, 6) is -0.340. The molecule has 33 heavy (non-hydrogen) atoms. The van der Waals surface area contributed by atoms with Gasteiger partial charge in [0.25, 0.3) is 0 Å². The molecule has 3 heterocycles. The maximum absolute atomic E-state index is 14.0. The summed E-state index contributed by atoms with van der Waals surface area (Å²) >= 11 is 12.4. The number of hydrogen-bond donors (Lipinski definition) is 2. The molecule has 1 fully saturated rings. The molecule has 1 aliphatic rings. The first-order valence-corrected chi connectivity index (χ1v) is 11.4. The zero-order valence-corrected chi connectivity index (χ0v) is 19.8. The Labute approximate surface area is 201 Å². The highest BCUT2D eigenvalue weighted by molar-refractivity contribution is 6.36. The van der Waals surface area contributed by atoms with E-state index in [1.807, 2.05) is 10.9 Å². The van der Waals surface area contributed by atoms with E-state index in [0.29, 0.717) is 17.4 Å². The Morgan fingerprint density at radius 3 is 2.76 bits per heavy atom. The molecule has 10 heteroatoms. The fourth-order valence-electron chi connectivity index (χ4n) is 3.88. The summed E-state index contributed by atoms with van der Waals surface area (Å²) in [5, 5.41) is 10.7. The monoisotopic (exact) mass is 491 g/mol. The second kappa shape index (κ2) is 10.1. The molecule has 174 valence electrons. The molecule has 1 aliphatic heterocycles. The van der Waals surface area contributed by atoms with E-state index < -0.39 is 11.9 Å². The van der Waals surface area contributed by atoms with Crippen LogP contribution in [-0.4, -0.2) is 33.8 Å². The molecule has 1 amide bonds. The number of benzene rings is 1. The van der Waals surface area contributed by atoms with Gasteiger partial charge in [-0.1, -0.05) is 23.2 Å². The Bertz CT molecular complexity index is 1160. The summed E-state index contributed by atoms with van der Waals surface area (Å²) < 4.78 is 22.1. The van der Waals surface area contributed by atoms with Crippen molar-refractivity contribution < 1.29 is 13.9 Å². The molecular formula is C23H24Cl2FN5O2. The van der Waals surface area contributed by atoms with Gasteiger partial charge in [-0.3, -0.25) is 9.48 Å². The molecule has 0 aliphatic carbocycles. The first kappa shape index (κ1) is 23.5. The topological polar surface area (TPSA) is 81.1 Å². The number of amides is 1. The Morgan fingerprint density at radius 1 is 1.27 bits per heavy atom. The van der Waals surface area contributed by atoms with Crippen LogP contribution in [0.2, 0.25) is 10.0 Å². The van der Waals surface area contributed by atoms with Gasteiger partial charge in [0.05, 0.1) is 17.3 Å². The molecule has 0 radical (unpaired) electrons. The van der Waals surface area contributed by atoms with E-state index in [9.17, 15) is 9.18 Å². The zero-order chi connectivity index (χ0) is 23.5. The summed E-state index contributed by atoms with van der Waals surface area (Å²) in [7, 11) is 0. The number of anilines is 1. The number of aromatic nitrogens is 3. The zero-order valence-electron chi connectivity index (χ0n) is 18.2. The van der Waals surface area contributed by atoms with Crippen molar-refractivity contribution in [1.29, 1.82) is 0 Å². The first-order valence-electron chi connectivity index (χ1n) is 10.7. The Balaban J connectivity index is 1.65. The largest absolute Gasteiger partial charge is 0.482 e. The van der Waals surface area contributed by atoms with Gasteiger partial charge in [0.1, 0.15) is 11.9 Å². The maximum atomic E-state index is 14.0. The number of halogens is 3. The van der Waals surface area contributed by atoms with Crippen molar-refractivity contribution in [2.75, 3.05) is 18.4 Å². The van der Waals surface area contributed by atoms with Gasteiger partial charge in [0, 0.05) is 41.0 Å². The van der Waals surface area contributed by atoms with Gasteiger partial charge in [0.15, 0.2) is 11.6 Å². The molecule has 7 nitrogen and oxygen atoms in total. The third-order valence-electron chi connectivity index (χ3n) is 5.55. The van der Waals surface area contributed by atoms with E-state index in [2.05, 4.69) is 20.7 Å². The van der Waals surface area contributed by atoms with Crippen LogP contribution in [0.5, 0.6) is 5.75 Å². The fraction of sp³-hybridized carbons (Fsp3) is 0.348. The minimum Gasteiger partial charge on any atom is -0.482 e. The first-order chi connectivity index (χ1) is 15.8. The predicted molar refractivity (Wildman–Crippen MR) is 126 cm³/mol. The van der Waals surface area contributed by atoms with Crippen molar-refractivity contribution in [2.45, 2.75) is 38.8 Å². The second-order valence-corrected chi connectivity index (χ2v) is 8.74. The predicted octanol–water partition coefficient (Wildman–Crippen LogP) is 5.41. The summed E-state index contributed by atoms with van der Waals surface area (Å²) in [6, 6.07) is 4.74. The van der Waals surface area contributed by atoms with Crippen LogP contribution >= 0.6 is 23.2 Å². The van der Waals surface area contributed by atoms with Gasteiger partial charge in [0.2, 0.25) is 5.91 Å². The second-order valence-electron chi connectivity index (χ2n) is 7.96. The third-order valence-corrected chi connectivity index (χ3v) is 6.27. The number of carbonyl (C=O) groups is 1. The SMILES string of the molecule is CC(=O)Nc1ncc(-c2cnn(C3CCNCC3)c2)cc1O[C@@H](C)c1c(Cl)ccc(F)c1Cl. The average Bonchev–Trinajstić information content (AvgIpc) is 3.28.